The summed E-state index contributed by atoms with van der Waals surface area (Å²) in [5.41, 5.74) is -12.4. The standard InChI is InChI=1S/C13H15F6NO5S2/c1-2-8(21)20-10-7-4-3-6(5-7)9(10)11(26(22,23)12(14,15)16)27(24,25)13(17,18)19/h2,6-7,9-11H,1,3-5H2,(H,20,21). The molecule has 1 N–H and O–H groups in total. The molecule has 1 amide bonds. The lowest BCUT2D eigenvalue weighted by molar-refractivity contribution is -0.117. The number of amides is 1. The van der Waals surface area contributed by atoms with Crippen LogP contribution < -0.4 is 5.32 Å². The number of carbonyl (C=O) groups excluding carboxylic acids is 1. The molecule has 0 radical (unpaired) electrons. The normalized spacial score (nSPS) is 29.1. The summed E-state index contributed by atoms with van der Waals surface area (Å²) in [6.45, 7) is 3.10. The highest BCUT2D eigenvalue weighted by Crippen LogP contribution is 2.54. The van der Waals surface area contributed by atoms with E-state index in [1.165, 1.54) is 0 Å². The van der Waals surface area contributed by atoms with Gasteiger partial charge in [0, 0.05) is 12.0 Å². The fraction of sp³-hybridized carbons (Fsp3) is 0.769. The highest BCUT2D eigenvalue weighted by atomic mass is 32.3. The van der Waals surface area contributed by atoms with Crippen LogP contribution in [0.3, 0.4) is 0 Å². The number of nitrogens with one attached hydrogen (secondary N) is 1. The Morgan fingerprint density at radius 3 is 1.81 bits per heavy atom. The van der Waals surface area contributed by atoms with Crippen molar-refractivity contribution in [1.82, 2.24) is 5.32 Å². The van der Waals surface area contributed by atoms with E-state index in [1.54, 1.807) is 0 Å². The van der Waals surface area contributed by atoms with Crippen molar-refractivity contribution in [3.05, 3.63) is 12.7 Å². The van der Waals surface area contributed by atoms with Crippen LogP contribution in [0, 0.1) is 17.8 Å². The van der Waals surface area contributed by atoms with Crippen LogP contribution in [0.1, 0.15) is 19.3 Å². The predicted molar refractivity (Wildman–Crippen MR) is 80.2 cm³/mol. The Kier molecular flexibility index (Phi) is 5.40. The molecule has 2 bridgehead atoms. The summed E-state index contributed by atoms with van der Waals surface area (Å²) < 4.78 is 122. The Bertz CT molecular complexity index is 788. The summed E-state index contributed by atoms with van der Waals surface area (Å²) in [7, 11) is -13.5. The van der Waals surface area contributed by atoms with Crippen LogP contribution in [-0.2, 0) is 24.5 Å². The van der Waals surface area contributed by atoms with Crippen molar-refractivity contribution in [2.45, 2.75) is 40.9 Å². The van der Waals surface area contributed by atoms with Gasteiger partial charge in [-0.15, -0.1) is 0 Å². The summed E-state index contributed by atoms with van der Waals surface area (Å²) in [6.07, 6.45) is 1.10. The summed E-state index contributed by atoms with van der Waals surface area (Å²) in [5, 5.41) is 2.12. The smallest absolute Gasteiger partial charge is 0.349 e. The van der Waals surface area contributed by atoms with Gasteiger partial charge in [0.05, 0.1) is 0 Å². The van der Waals surface area contributed by atoms with E-state index in [0.717, 1.165) is 0 Å². The average Bonchev–Trinajstić information content (AvgIpc) is 3.07. The fourth-order valence-corrected chi connectivity index (χ4v) is 8.13. The van der Waals surface area contributed by atoms with Gasteiger partial charge in [-0.25, -0.2) is 16.8 Å². The van der Waals surface area contributed by atoms with Crippen molar-refractivity contribution in [2.75, 3.05) is 0 Å². The number of halogens is 6. The second kappa shape index (κ2) is 6.64. The van der Waals surface area contributed by atoms with E-state index in [1.807, 2.05) is 0 Å². The zero-order valence-electron chi connectivity index (χ0n) is 13.4. The van der Waals surface area contributed by atoms with E-state index < -0.39 is 65.0 Å². The van der Waals surface area contributed by atoms with Crippen LogP contribution in [0.5, 0.6) is 0 Å². The topological polar surface area (TPSA) is 97.4 Å². The molecule has 14 heteroatoms. The second-order valence-electron chi connectivity index (χ2n) is 6.50. The number of alkyl halides is 6. The molecule has 0 aromatic carbocycles. The highest BCUT2D eigenvalue weighted by molar-refractivity contribution is 8.09. The Morgan fingerprint density at radius 1 is 0.963 bits per heavy atom. The zero-order chi connectivity index (χ0) is 21.0. The zero-order valence-corrected chi connectivity index (χ0v) is 15.1. The first-order chi connectivity index (χ1) is 12.1. The van der Waals surface area contributed by atoms with Gasteiger partial charge >= 0.3 is 11.0 Å². The first-order valence-electron chi connectivity index (χ1n) is 7.59. The lowest BCUT2D eigenvalue weighted by Crippen LogP contribution is -2.56. The Balaban J connectivity index is 2.66. The summed E-state index contributed by atoms with van der Waals surface area (Å²) in [5.74, 6) is -4.68. The van der Waals surface area contributed by atoms with Crippen LogP contribution in [0.25, 0.3) is 0 Å². The monoisotopic (exact) mass is 443 g/mol. The molecule has 6 nitrogen and oxygen atoms in total. The van der Waals surface area contributed by atoms with Crippen LogP contribution in [-0.4, -0.2) is 44.4 Å². The summed E-state index contributed by atoms with van der Waals surface area (Å²) in [6, 6.07) is -1.46. The minimum Gasteiger partial charge on any atom is -0.349 e. The van der Waals surface area contributed by atoms with Crippen LogP contribution >= 0.6 is 0 Å². The van der Waals surface area contributed by atoms with Gasteiger partial charge in [-0.1, -0.05) is 6.58 Å². The molecule has 0 aliphatic heterocycles. The lowest BCUT2D eigenvalue weighted by Gasteiger charge is -2.36. The molecule has 156 valence electrons. The van der Waals surface area contributed by atoms with Gasteiger partial charge in [0.25, 0.3) is 19.7 Å². The fourth-order valence-electron chi connectivity index (χ4n) is 4.01. The third-order valence-electron chi connectivity index (χ3n) is 5.05. The van der Waals surface area contributed by atoms with Gasteiger partial charge in [-0.2, -0.15) is 26.3 Å². The minimum atomic E-state index is -6.75. The van der Waals surface area contributed by atoms with E-state index in [9.17, 15) is 48.0 Å². The number of hydrogen-bond acceptors (Lipinski definition) is 5. The van der Waals surface area contributed by atoms with Gasteiger partial charge in [0.2, 0.25) is 5.91 Å². The molecule has 0 heterocycles. The van der Waals surface area contributed by atoms with Gasteiger partial charge in [-0.3, -0.25) is 4.79 Å². The van der Waals surface area contributed by atoms with Crippen molar-refractivity contribution >= 4 is 25.6 Å². The van der Waals surface area contributed by atoms with Crippen molar-refractivity contribution in [3.63, 3.8) is 0 Å². The molecule has 4 atom stereocenters. The van der Waals surface area contributed by atoms with E-state index in [-0.39, 0.29) is 12.8 Å². The Labute approximate surface area is 150 Å². The lowest BCUT2D eigenvalue weighted by atomic mass is 9.85. The summed E-state index contributed by atoms with van der Waals surface area (Å²) in [4.78, 5) is 11.5. The second-order valence-corrected chi connectivity index (χ2v) is 10.9. The molecule has 4 unspecified atom stereocenters. The number of carbonyl (C=O) groups is 1. The SMILES string of the molecule is C=CC(=O)NC1C2CCC(C2)C1C(S(=O)(=O)C(F)(F)F)S(=O)(=O)C(F)(F)F. The molecule has 2 aliphatic rings. The average molecular weight is 443 g/mol. The third-order valence-corrected chi connectivity index (χ3v) is 9.71. The molecular weight excluding hydrogens is 428 g/mol. The van der Waals surface area contributed by atoms with Gasteiger partial charge in [0.1, 0.15) is 0 Å². The van der Waals surface area contributed by atoms with E-state index in [0.29, 0.717) is 12.5 Å². The molecule has 27 heavy (non-hydrogen) atoms. The van der Waals surface area contributed by atoms with Crippen LogP contribution in [0.2, 0.25) is 0 Å². The summed E-state index contributed by atoms with van der Waals surface area (Å²) >= 11 is 0. The van der Waals surface area contributed by atoms with Gasteiger partial charge < -0.3 is 5.32 Å². The Hall–Kier alpha value is -1.31. The largest absolute Gasteiger partial charge is 0.498 e. The number of hydrogen-bond donors (Lipinski definition) is 1. The van der Waals surface area contributed by atoms with Crippen molar-refractivity contribution in [2.24, 2.45) is 17.8 Å². The quantitative estimate of drug-likeness (QED) is 0.517. The van der Waals surface area contributed by atoms with Crippen molar-refractivity contribution in [3.8, 4) is 0 Å². The maximum Gasteiger partial charge on any atom is 0.498 e. The first-order valence-corrected chi connectivity index (χ1v) is 10.7. The molecule has 2 saturated carbocycles. The third kappa shape index (κ3) is 3.57. The number of rotatable bonds is 5. The van der Waals surface area contributed by atoms with E-state index in [4.69, 9.17) is 0 Å². The van der Waals surface area contributed by atoms with Crippen molar-refractivity contribution in [1.29, 1.82) is 0 Å². The van der Waals surface area contributed by atoms with E-state index in [2.05, 4.69) is 11.9 Å². The minimum absolute atomic E-state index is 0.0179. The van der Waals surface area contributed by atoms with Crippen LogP contribution in [0.15, 0.2) is 12.7 Å². The van der Waals surface area contributed by atoms with Crippen molar-refractivity contribution < 1.29 is 48.0 Å². The number of sulfone groups is 2. The van der Waals surface area contributed by atoms with Gasteiger partial charge in [-0.05, 0) is 37.2 Å². The first kappa shape index (κ1) is 22.0. The highest BCUT2D eigenvalue weighted by Gasteiger charge is 2.69. The predicted octanol–water partition coefficient (Wildman–Crippen LogP) is 1.90. The molecular formula is C13H15F6NO5S2. The maximum atomic E-state index is 13.0. The molecule has 2 aliphatic carbocycles. The Morgan fingerprint density at radius 2 is 1.41 bits per heavy atom. The molecule has 2 rings (SSSR count). The molecule has 2 fully saturated rings. The molecule has 0 aromatic heterocycles. The van der Waals surface area contributed by atoms with E-state index >= 15 is 0 Å². The van der Waals surface area contributed by atoms with Crippen LogP contribution in [0.4, 0.5) is 26.3 Å². The molecule has 0 aromatic rings. The maximum absolute atomic E-state index is 13.0. The molecule has 0 saturated heterocycles. The van der Waals surface area contributed by atoms with Gasteiger partial charge in [0.15, 0.2) is 4.58 Å². The number of fused-ring (bicyclic) bond motifs is 2. The molecule has 0 spiro atoms.